The van der Waals surface area contributed by atoms with E-state index < -0.39 is 5.82 Å². The molecule has 0 heterocycles. The van der Waals surface area contributed by atoms with Crippen LogP contribution < -0.4 is 15.4 Å². The lowest BCUT2D eigenvalue weighted by Crippen LogP contribution is -2.22. The van der Waals surface area contributed by atoms with Crippen molar-refractivity contribution in [1.29, 1.82) is 0 Å². The first-order valence-electron chi connectivity index (χ1n) is 6.98. The maximum absolute atomic E-state index is 12.8. The Morgan fingerprint density at radius 3 is 2.43 bits per heavy atom. The summed E-state index contributed by atoms with van der Waals surface area (Å²) in [5.74, 6) is -0.372. The average Bonchev–Trinajstić information content (AvgIpc) is 2.53. The summed E-state index contributed by atoms with van der Waals surface area (Å²) >= 11 is 0. The number of benzene rings is 2. The maximum Gasteiger partial charge on any atom is 0.251 e. The minimum Gasteiger partial charge on any atom is -0.495 e. The molecule has 0 bridgehead atoms. The number of hydrogen-bond acceptors (Lipinski definition) is 3. The van der Waals surface area contributed by atoms with Crippen LogP contribution in [0.3, 0.4) is 0 Å². The summed E-state index contributed by atoms with van der Waals surface area (Å²) in [5.41, 5.74) is 1.71. The molecule has 0 saturated carbocycles. The van der Waals surface area contributed by atoms with Crippen LogP contribution >= 0.6 is 0 Å². The number of halogens is 1. The van der Waals surface area contributed by atoms with Crippen molar-refractivity contribution < 1.29 is 18.7 Å². The molecule has 2 N–H and O–H groups in total. The van der Waals surface area contributed by atoms with Gasteiger partial charge >= 0.3 is 0 Å². The van der Waals surface area contributed by atoms with Crippen LogP contribution in [0, 0.1) is 5.82 Å². The molecule has 120 valence electrons. The highest BCUT2D eigenvalue weighted by atomic mass is 19.1. The summed E-state index contributed by atoms with van der Waals surface area (Å²) < 4.78 is 18.0. The Kier molecular flexibility index (Phi) is 5.30. The van der Waals surface area contributed by atoms with E-state index in [9.17, 15) is 14.0 Å². The molecule has 2 amide bonds. The summed E-state index contributed by atoms with van der Waals surface area (Å²) in [6.07, 6.45) is 0. The second-order valence-corrected chi connectivity index (χ2v) is 4.91. The van der Waals surface area contributed by atoms with Gasteiger partial charge in [-0.15, -0.1) is 0 Å². The van der Waals surface area contributed by atoms with Crippen LogP contribution in [0.15, 0.2) is 42.5 Å². The van der Waals surface area contributed by atoms with E-state index >= 15 is 0 Å². The Bertz CT molecular complexity index is 714. The molecule has 2 rings (SSSR count). The van der Waals surface area contributed by atoms with E-state index in [1.165, 1.54) is 38.3 Å². The molecule has 0 aliphatic carbocycles. The summed E-state index contributed by atoms with van der Waals surface area (Å²) in [4.78, 5) is 23.2. The monoisotopic (exact) mass is 316 g/mol. The number of carbonyl (C=O) groups excluding carboxylic acids is 2. The third-order valence-corrected chi connectivity index (χ3v) is 3.13. The summed E-state index contributed by atoms with van der Waals surface area (Å²) in [7, 11) is 1.51. The Hall–Kier alpha value is -2.89. The van der Waals surface area contributed by atoms with Crippen molar-refractivity contribution in [3.8, 4) is 5.75 Å². The number of methoxy groups -OCH3 is 1. The van der Waals surface area contributed by atoms with Gasteiger partial charge in [-0.2, -0.15) is 0 Å². The average molecular weight is 316 g/mol. The van der Waals surface area contributed by atoms with E-state index in [2.05, 4.69) is 10.6 Å². The lowest BCUT2D eigenvalue weighted by molar-refractivity contribution is -0.114. The highest BCUT2D eigenvalue weighted by molar-refractivity contribution is 5.94. The molecule has 2 aromatic carbocycles. The van der Waals surface area contributed by atoms with E-state index in [1.807, 2.05) is 0 Å². The topological polar surface area (TPSA) is 67.4 Å². The molecule has 0 aromatic heterocycles. The molecule has 0 fully saturated rings. The fourth-order valence-electron chi connectivity index (χ4n) is 2.04. The van der Waals surface area contributed by atoms with Crippen LogP contribution in [0.25, 0.3) is 0 Å². The smallest absolute Gasteiger partial charge is 0.251 e. The van der Waals surface area contributed by atoms with Crippen LogP contribution in [0.5, 0.6) is 5.75 Å². The fourth-order valence-corrected chi connectivity index (χ4v) is 2.04. The summed E-state index contributed by atoms with van der Waals surface area (Å²) in [5, 5.41) is 5.41. The highest BCUT2D eigenvalue weighted by Gasteiger charge is 2.08. The van der Waals surface area contributed by atoms with Gasteiger partial charge in [0, 0.05) is 19.0 Å². The van der Waals surface area contributed by atoms with E-state index in [0.717, 1.165) is 5.56 Å². The Labute approximate surface area is 133 Å². The second-order valence-electron chi connectivity index (χ2n) is 4.91. The fraction of sp³-hybridized carbons (Fsp3) is 0.176. The molecule has 0 aliphatic rings. The summed E-state index contributed by atoms with van der Waals surface area (Å²) in [6.45, 7) is 1.68. The van der Waals surface area contributed by atoms with E-state index in [0.29, 0.717) is 17.0 Å². The molecule has 0 radical (unpaired) electrons. The molecule has 0 saturated heterocycles. The zero-order valence-electron chi connectivity index (χ0n) is 12.9. The van der Waals surface area contributed by atoms with E-state index in [4.69, 9.17) is 4.74 Å². The van der Waals surface area contributed by atoms with E-state index in [1.54, 1.807) is 18.2 Å². The minimum absolute atomic E-state index is 0.212. The number of nitrogens with one attached hydrogen (secondary N) is 2. The van der Waals surface area contributed by atoms with Gasteiger partial charge in [-0.3, -0.25) is 9.59 Å². The normalized spacial score (nSPS) is 10.0. The second kappa shape index (κ2) is 7.40. The van der Waals surface area contributed by atoms with Gasteiger partial charge in [-0.1, -0.05) is 6.07 Å². The molecule has 0 atom stereocenters. The van der Waals surface area contributed by atoms with Gasteiger partial charge in [0.05, 0.1) is 12.8 Å². The van der Waals surface area contributed by atoms with E-state index in [-0.39, 0.29) is 18.4 Å². The molecule has 0 spiro atoms. The maximum atomic E-state index is 12.8. The Morgan fingerprint density at radius 1 is 1.13 bits per heavy atom. The first-order chi connectivity index (χ1) is 11.0. The Balaban J connectivity index is 2.06. The number of ether oxygens (including phenoxy) is 1. The molecule has 2 aromatic rings. The van der Waals surface area contributed by atoms with Gasteiger partial charge in [0.15, 0.2) is 0 Å². The standard InChI is InChI=1S/C17H17FN2O3/c1-11(21)20-15-9-12(3-8-16(15)23-2)10-19-17(22)13-4-6-14(18)7-5-13/h3-9H,10H2,1-2H3,(H,19,22)(H,20,21). The minimum atomic E-state index is -0.392. The quantitative estimate of drug-likeness (QED) is 0.891. The van der Waals surface area contributed by atoms with Gasteiger partial charge in [-0.25, -0.2) is 4.39 Å². The van der Waals surface area contributed by atoms with Crippen molar-refractivity contribution in [3.63, 3.8) is 0 Å². The van der Waals surface area contributed by atoms with Crippen molar-refractivity contribution in [3.05, 3.63) is 59.4 Å². The van der Waals surface area contributed by atoms with Crippen LogP contribution in [0.4, 0.5) is 10.1 Å². The predicted molar refractivity (Wildman–Crippen MR) is 84.9 cm³/mol. The number of amides is 2. The lowest BCUT2D eigenvalue weighted by atomic mass is 10.1. The van der Waals surface area contributed by atoms with Crippen molar-refractivity contribution in [2.75, 3.05) is 12.4 Å². The molecular weight excluding hydrogens is 299 g/mol. The zero-order chi connectivity index (χ0) is 16.8. The van der Waals surface area contributed by atoms with Crippen LogP contribution in [0.1, 0.15) is 22.8 Å². The van der Waals surface area contributed by atoms with Crippen molar-refractivity contribution in [2.45, 2.75) is 13.5 Å². The number of rotatable bonds is 5. The Morgan fingerprint density at radius 2 is 1.83 bits per heavy atom. The zero-order valence-corrected chi connectivity index (χ0v) is 12.9. The molecule has 23 heavy (non-hydrogen) atoms. The van der Waals surface area contributed by atoms with Crippen LogP contribution in [-0.2, 0) is 11.3 Å². The molecule has 0 unspecified atom stereocenters. The molecule has 6 heteroatoms. The number of carbonyl (C=O) groups is 2. The summed E-state index contributed by atoms with van der Waals surface area (Å²) in [6, 6.07) is 10.5. The number of hydrogen-bond donors (Lipinski definition) is 2. The van der Waals surface area contributed by atoms with Crippen molar-refractivity contribution >= 4 is 17.5 Å². The largest absolute Gasteiger partial charge is 0.495 e. The first kappa shape index (κ1) is 16.5. The number of anilines is 1. The van der Waals surface area contributed by atoms with Crippen LogP contribution in [0.2, 0.25) is 0 Å². The SMILES string of the molecule is COc1ccc(CNC(=O)c2ccc(F)cc2)cc1NC(C)=O. The highest BCUT2D eigenvalue weighted by Crippen LogP contribution is 2.25. The molecule has 5 nitrogen and oxygen atoms in total. The molecule has 0 aliphatic heterocycles. The predicted octanol–water partition coefficient (Wildman–Crippen LogP) is 2.72. The third-order valence-electron chi connectivity index (χ3n) is 3.13. The molecular formula is C17H17FN2O3. The van der Waals surface area contributed by atoms with Gasteiger partial charge < -0.3 is 15.4 Å². The van der Waals surface area contributed by atoms with Crippen molar-refractivity contribution in [2.24, 2.45) is 0 Å². The van der Waals surface area contributed by atoms with Crippen LogP contribution in [-0.4, -0.2) is 18.9 Å². The van der Waals surface area contributed by atoms with Gasteiger partial charge in [-0.05, 0) is 42.0 Å². The third kappa shape index (κ3) is 4.54. The van der Waals surface area contributed by atoms with Crippen molar-refractivity contribution in [1.82, 2.24) is 5.32 Å². The van der Waals surface area contributed by atoms with Gasteiger partial charge in [0.1, 0.15) is 11.6 Å². The van der Waals surface area contributed by atoms with Gasteiger partial charge in [0.25, 0.3) is 5.91 Å². The lowest BCUT2D eigenvalue weighted by Gasteiger charge is -2.11. The van der Waals surface area contributed by atoms with Gasteiger partial charge in [0.2, 0.25) is 5.91 Å². The first-order valence-corrected chi connectivity index (χ1v) is 6.98.